The number of nitrogens with zero attached hydrogens (tertiary/aromatic N) is 6. The zero-order valence-electron chi connectivity index (χ0n) is 44.6. The molecule has 17 aromatic rings. The molecule has 0 spiro atoms. The zero-order valence-corrected chi connectivity index (χ0v) is 44.6. The van der Waals surface area contributed by atoms with E-state index in [-0.39, 0.29) is 0 Å². The summed E-state index contributed by atoms with van der Waals surface area (Å²) in [6.45, 7) is 1.70. The van der Waals surface area contributed by atoms with Crippen molar-refractivity contribution in [2.45, 2.75) is 13.1 Å². The minimum absolute atomic E-state index is 0.362. The van der Waals surface area contributed by atoms with Crippen molar-refractivity contribution >= 4 is 109 Å². The number of aromatic nitrogens is 6. The molecule has 0 saturated carbocycles. The van der Waals surface area contributed by atoms with E-state index < -0.39 is 11.7 Å². The molecule has 0 N–H and O–H groups in total. The lowest BCUT2D eigenvalue weighted by Crippen LogP contribution is -2.06. The van der Waals surface area contributed by atoms with Crippen molar-refractivity contribution in [1.82, 2.24) is 28.2 Å². The normalized spacial score (nSPS) is 12.3. The SMILES string of the molecule is Cc1cc(-c2nc(-c3cc(-n4c5ccccc5c5cc(-n6c7ccccc7c7ccccc76)ccc54)cc(-n4c5ccccc5c5cc(-n6c7ccccc7c7ccccc76)ccc54)c3)nc3c2ccc2ccccc23)cc(C(F)(F)F)c1. The van der Waals surface area contributed by atoms with Gasteiger partial charge in [0, 0.05) is 87.7 Å². The van der Waals surface area contributed by atoms with Crippen LogP contribution in [0.4, 0.5) is 13.2 Å². The number of hydrogen-bond acceptors (Lipinski definition) is 2. The Balaban J connectivity index is 0.954. The highest BCUT2D eigenvalue weighted by atomic mass is 19.4. The van der Waals surface area contributed by atoms with E-state index in [0.717, 1.165) is 99.2 Å². The van der Waals surface area contributed by atoms with Gasteiger partial charge in [-0.25, -0.2) is 9.97 Å². The minimum Gasteiger partial charge on any atom is -0.309 e. The molecule has 6 nitrogen and oxygen atoms in total. The molecule has 17 rings (SSSR count). The summed E-state index contributed by atoms with van der Waals surface area (Å²) in [5, 5.41) is 11.6. The van der Waals surface area contributed by atoms with Crippen LogP contribution in [0.5, 0.6) is 0 Å². The van der Waals surface area contributed by atoms with Gasteiger partial charge in [-0.1, -0.05) is 140 Å². The van der Waals surface area contributed by atoms with Gasteiger partial charge in [-0.15, -0.1) is 0 Å². The Bertz CT molecular complexity index is 5240. The maximum Gasteiger partial charge on any atom is 0.416 e. The molecule has 0 aliphatic carbocycles. The third kappa shape index (κ3) is 7.10. The summed E-state index contributed by atoms with van der Waals surface area (Å²) < 4.78 is 53.6. The molecule has 0 aliphatic rings. The van der Waals surface area contributed by atoms with Gasteiger partial charge in [0.2, 0.25) is 0 Å². The topological polar surface area (TPSA) is 45.5 Å². The lowest BCUT2D eigenvalue weighted by Gasteiger charge is -2.17. The van der Waals surface area contributed by atoms with Crippen molar-refractivity contribution in [2.24, 2.45) is 0 Å². The van der Waals surface area contributed by atoms with Crippen molar-refractivity contribution in [3.63, 3.8) is 0 Å². The van der Waals surface area contributed by atoms with Crippen molar-refractivity contribution in [2.75, 3.05) is 0 Å². The molecule has 392 valence electrons. The number of benzene rings is 12. The standard InChI is InChI=1S/C74H45F3N6/c1-44-36-46(38-48(37-44)74(75,76)77)71-60-33-30-45-16-2-3-17-53(45)72(60)79-73(78-71)47-39-51(82-67-28-14-8-22-58(67)61-42-49(31-34-69(61)82)80-63-24-10-4-18-54(63)55-19-5-11-25-64(55)80)41-52(40-47)83-68-29-15-9-23-59(68)62-43-50(32-35-70(62)83)81-65-26-12-6-20-56(65)57-21-7-13-27-66(57)81/h2-43H,1H3. The van der Waals surface area contributed by atoms with Crippen LogP contribution in [0.25, 0.3) is 154 Å². The van der Waals surface area contributed by atoms with E-state index in [2.05, 4.69) is 218 Å². The summed E-state index contributed by atoms with van der Waals surface area (Å²) in [5.74, 6) is 0.380. The first kappa shape index (κ1) is 47.1. The maximum absolute atomic E-state index is 14.7. The second kappa shape index (κ2) is 17.6. The summed E-state index contributed by atoms with van der Waals surface area (Å²) in [4.78, 5) is 10.9. The quantitative estimate of drug-likeness (QED) is 0.156. The average Bonchev–Trinajstić information content (AvgIpc) is 3.20. The first-order chi connectivity index (χ1) is 40.7. The molecule has 0 fully saturated rings. The van der Waals surface area contributed by atoms with E-state index >= 15 is 0 Å². The molecular formula is C74H45F3N6. The van der Waals surface area contributed by atoms with E-state index in [9.17, 15) is 13.2 Å². The van der Waals surface area contributed by atoms with Crippen LogP contribution in [-0.4, -0.2) is 28.2 Å². The van der Waals surface area contributed by atoms with Crippen LogP contribution in [0.1, 0.15) is 11.1 Å². The van der Waals surface area contributed by atoms with Crippen molar-refractivity contribution in [1.29, 1.82) is 0 Å². The van der Waals surface area contributed by atoms with Crippen LogP contribution < -0.4 is 0 Å². The Labute approximate surface area is 472 Å². The Hall–Kier alpha value is -10.8. The first-order valence-corrected chi connectivity index (χ1v) is 27.8. The predicted octanol–water partition coefficient (Wildman–Crippen LogP) is 19.8. The monoisotopic (exact) mass is 1070 g/mol. The summed E-state index contributed by atoms with van der Waals surface area (Å²) in [6, 6.07) is 87.5. The molecule has 12 aromatic carbocycles. The average molecular weight is 1080 g/mol. The molecule has 0 radical (unpaired) electrons. The van der Waals surface area contributed by atoms with Gasteiger partial charge in [-0.05, 0) is 133 Å². The summed E-state index contributed by atoms with van der Waals surface area (Å²) >= 11 is 0. The first-order valence-electron chi connectivity index (χ1n) is 27.8. The second-order valence-corrected chi connectivity index (χ2v) is 21.7. The van der Waals surface area contributed by atoms with Crippen LogP contribution in [0.3, 0.4) is 0 Å². The van der Waals surface area contributed by atoms with Gasteiger partial charge >= 0.3 is 6.18 Å². The fraction of sp³-hybridized carbons (Fsp3) is 0.0270. The third-order valence-electron chi connectivity index (χ3n) is 16.9. The highest BCUT2D eigenvalue weighted by Gasteiger charge is 2.32. The molecule has 9 heteroatoms. The molecule has 0 atom stereocenters. The molecular weight excluding hydrogens is 1030 g/mol. The Morgan fingerprint density at radius 3 is 1.16 bits per heavy atom. The lowest BCUT2D eigenvalue weighted by molar-refractivity contribution is -0.137. The number of para-hydroxylation sites is 6. The van der Waals surface area contributed by atoms with Crippen molar-refractivity contribution < 1.29 is 13.2 Å². The van der Waals surface area contributed by atoms with Gasteiger partial charge < -0.3 is 18.3 Å². The Kier molecular flexibility index (Phi) is 9.99. The van der Waals surface area contributed by atoms with E-state index in [1.165, 1.54) is 33.7 Å². The van der Waals surface area contributed by atoms with Gasteiger partial charge in [0.05, 0.1) is 60.9 Å². The van der Waals surface area contributed by atoms with Gasteiger partial charge in [0.25, 0.3) is 0 Å². The predicted molar refractivity (Wildman–Crippen MR) is 335 cm³/mol. The van der Waals surface area contributed by atoms with Gasteiger partial charge in [-0.3, -0.25) is 0 Å². The number of halogens is 3. The van der Waals surface area contributed by atoms with Gasteiger partial charge in [0.1, 0.15) is 0 Å². The number of rotatable bonds is 6. The fourth-order valence-electron chi connectivity index (χ4n) is 13.4. The second-order valence-electron chi connectivity index (χ2n) is 21.7. The Morgan fingerprint density at radius 2 is 0.699 bits per heavy atom. The third-order valence-corrected chi connectivity index (χ3v) is 16.9. The van der Waals surface area contributed by atoms with Crippen molar-refractivity contribution in [3.8, 4) is 45.4 Å². The smallest absolute Gasteiger partial charge is 0.309 e. The molecule has 0 bridgehead atoms. The number of alkyl halides is 3. The van der Waals surface area contributed by atoms with Crippen LogP contribution in [0, 0.1) is 6.92 Å². The fourth-order valence-corrected chi connectivity index (χ4v) is 13.4. The summed E-state index contributed by atoms with van der Waals surface area (Å²) in [6.07, 6.45) is -4.57. The number of aryl methyl sites for hydroxylation is 1. The van der Waals surface area contributed by atoms with Crippen LogP contribution in [-0.2, 0) is 6.18 Å². The molecule has 0 amide bonds. The van der Waals surface area contributed by atoms with Gasteiger partial charge in [-0.2, -0.15) is 13.2 Å². The largest absolute Gasteiger partial charge is 0.416 e. The molecule has 0 saturated heterocycles. The van der Waals surface area contributed by atoms with E-state index in [1.54, 1.807) is 13.0 Å². The zero-order chi connectivity index (χ0) is 55.2. The summed E-state index contributed by atoms with van der Waals surface area (Å²) in [7, 11) is 0. The maximum atomic E-state index is 14.7. The summed E-state index contributed by atoms with van der Waals surface area (Å²) in [5.41, 5.74) is 14.2. The molecule has 5 heterocycles. The lowest BCUT2D eigenvalue weighted by atomic mass is 9.98. The molecule has 5 aromatic heterocycles. The van der Waals surface area contributed by atoms with Gasteiger partial charge in [0.15, 0.2) is 5.82 Å². The van der Waals surface area contributed by atoms with Crippen LogP contribution in [0.2, 0.25) is 0 Å². The minimum atomic E-state index is -4.57. The van der Waals surface area contributed by atoms with E-state index in [0.29, 0.717) is 39.1 Å². The molecule has 0 aliphatic heterocycles. The van der Waals surface area contributed by atoms with Crippen molar-refractivity contribution in [3.05, 3.63) is 266 Å². The molecule has 0 unspecified atom stereocenters. The van der Waals surface area contributed by atoms with Crippen LogP contribution >= 0.6 is 0 Å². The molecule has 83 heavy (non-hydrogen) atoms. The van der Waals surface area contributed by atoms with Crippen LogP contribution in [0.15, 0.2) is 255 Å². The highest BCUT2D eigenvalue weighted by molar-refractivity contribution is 6.15. The van der Waals surface area contributed by atoms with E-state index in [1.807, 2.05) is 36.4 Å². The number of fused-ring (bicyclic) bond motifs is 15. The number of hydrogen-bond donors (Lipinski definition) is 0. The van der Waals surface area contributed by atoms with E-state index in [4.69, 9.17) is 9.97 Å². The highest BCUT2D eigenvalue weighted by Crippen LogP contribution is 2.43. The Morgan fingerprint density at radius 1 is 0.301 bits per heavy atom.